The Morgan fingerprint density at radius 1 is 1.22 bits per heavy atom. The minimum Gasteiger partial charge on any atom is -0.491 e. The summed E-state index contributed by atoms with van der Waals surface area (Å²) >= 11 is 0. The molecule has 0 radical (unpaired) electrons. The molecule has 0 bridgehead atoms. The lowest BCUT2D eigenvalue weighted by Gasteiger charge is -2.22. The first-order chi connectivity index (χ1) is 8.90. The molecule has 0 aliphatic carbocycles. The molecule has 0 aromatic heterocycles. The van der Waals surface area contributed by atoms with Crippen LogP contribution in [-0.4, -0.2) is 31.2 Å². The van der Waals surface area contributed by atoms with E-state index in [0.717, 1.165) is 25.0 Å². The molecule has 1 N–H and O–H groups in total. The first-order valence-electron chi connectivity index (χ1n) is 6.45. The average Bonchev–Trinajstić information content (AvgIpc) is 2.45. The fraction of sp³-hybridized carbons (Fsp3) is 0.571. The van der Waals surface area contributed by atoms with Crippen LogP contribution in [-0.2, 0) is 16.1 Å². The first-order valence-corrected chi connectivity index (χ1v) is 6.45. The zero-order chi connectivity index (χ0) is 12.6. The van der Waals surface area contributed by atoms with Crippen molar-refractivity contribution in [3.8, 4) is 5.75 Å². The number of hydrogen-bond acceptors (Lipinski definition) is 4. The van der Waals surface area contributed by atoms with Crippen molar-refractivity contribution in [2.75, 3.05) is 19.8 Å². The molecule has 100 valence electrons. The highest BCUT2D eigenvalue weighted by Gasteiger charge is 2.13. The topological polar surface area (TPSA) is 47.9 Å². The number of rotatable bonds is 6. The van der Waals surface area contributed by atoms with Gasteiger partial charge in [0.15, 0.2) is 6.29 Å². The lowest BCUT2D eigenvalue weighted by molar-refractivity contribution is -0.165. The van der Waals surface area contributed by atoms with Crippen molar-refractivity contribution in [1.82, 2.24) is 0 Å². The Morgan fingerprint density at radius 2 is 2.11 bits per heavy atom. The van der Waals surface area contributed by atoms with Gasteiger partial charge in [-0.3, -0.25) is 0 Å². The monoisotopic (exact) mass is 252 g/mol. The third-order valence-electron chi connectivity index (χ3n) is 2.93. The van der Waals surface area contributed by atoms with E-state index < -0.39 is 0 Å². The molecule has 0 saturated carbocycles. The SMILES string of the molecule is OCc1ccccc1OCCOC1CCCCO1. The Balaban J connectivity index is 1.68. The molecule has 0 spiro atoms. The molecule has 0 amide bonds. The van der Waals surface area contributed by atoms with Gasteiger partial charge in [-0.1, -0.05) is 18.2 Å². The molecule has 1 aliphatic heterocycles. The van der Waals surface area contributed by atoms with E-state index >= 15 is 0 Å². The molecule has 1 aromatic carbocycles. The van der Waals surface area contributed by atoms with Crippen LogP contribution in [0.1, 0.15) is 24.8 Å². The van der Waals surface area contributed by atoms with Crippen LogP contribution < -0.4 is 4.74 Å². The second kappa shape index (κ2) is 7.36. The second-order valence-electron chi connectivity index (χ2n) is 4.28. The Bertz CT molecular complexity index is 347. The van der Waals surface area contributed by atoms with Crippen molar-refractivity contribution < 1.29 is 19.3 Å². The van der Waals surface area contributed by atoms with Gasteiger partial charge in [0.2, 0.25) is 0 Å². The zero-order valence-electron chi connectivity index (χ0n) is 10.5. The number of aliphatic hydroxyl groups is 1. The fourth-order valence-corrected chi connectivity index (χ4v) is 1.95. The molecule has 1 heterocycles. The lowest BCUT2D eigenvalue weighted by atomic mass is 10.2. The number of aliphatic hydroxyl groups excluding tert-OH is 1. The van der Waals surface area contributed by atoms with E-state index in [4.69, 9.17) is 19.3 Å². The molecule has 1 atom stereocenters. The molecule has 1 aliphatic rings. The van der Waals surface area contributed by atoms with Gasteiger partial charge in [0.1, 0.15) is 12.4 Å². The van der Waals surface area contributed by atoms with E-state index in [1.807, 2.05) is 24.3 Å². The van der Waals surface area contributed by atoms with E-state index in [0.29, 0.717) is 19.0 Å². The molecule has 4 heteroatoms. The van der Waals surface area contributed by atoms with Crippen molar-refractivity contribution >= 4 is 0 Å². The van der Waals surface area contributed by atoms with Crippen LogP contribution in [0.2, 0.25) is 0 Å². The number of benzene rings is 1. The Morgan fingerprint density at radius 3 is 2.89 bits per heavy atom. The largest absolute Gasteiger partial charge is 0.491 e. The highest BCUT2D eigenvalue weighted by molar-refractivity contribution is 5.32. The van der Waals surface area contributed by atoms with Crippen LogP contribution in [0, 0.1) is 0 Å². The number of ether oxygens (including phenoxy) is 3. The van der Waals surface area contributed by atoms with E-state index in [1.54, 1.807) is 0 Å². The van der Waals surface area contributed by atoms with Crippen LogP contribution in [0.4, 0.5) is 0 Å². The molecule has 1 saturated heterocycles. The van der Waals surface area contributed by atoms with Gasteiger partial charge in [-0.05, 0) is 25.3 Å². The summed E-state index contributed by atoms with van der Waals surface area (Å²) in [5.41, 5.74) is 0.798. The molecule has 1 fully saturated rings. The average molecular weight is 252 g/mol. The van der Waals surface area contributed by atoms with E-state index in [-0.39, 0.29) is 12.9 Å². The third kappa shape index (κ3) is 3.98. The maximum absolute atomic E-state index is 9.15. The number of para-hydroxylation sites is 1. The van der Waals surface area contributed by atoms with Crippen LogP contribution in [0.25, 0.3) is 0 Å². The smallest absolute Gasteiger partial charge is 0.157 e. The Kier molecular flexibility index (Phi) is 5.45. The van der Waals surface area contributed by atoms with Crippen molar-refractivity contribution in [2.24, 2.45) is 0 Å². The summed E-state index contributed by atoms with van der Waals surface area (Å²) < 4.78 is 16.6. The maximum atomic E-state index is 9.15. The first kappa shape index (κ1) is 13.3. The summed E-state index contributed by atoms with van der Waals surface area (Å²) in [5.74, 6) is 0.716. The molecule has 4 nitrogen and oxygen atoms in total. The highest BCUT2D eigenvalue weighted by Crippen LogP contribution is 2.18. The van der Waals surface area contributed by atoms with Gasteiger partial charge in [0, 0.05) is 12.2 Å². The molecular weight excluding hydrogens is 232 g/mol. The predicted octanol–water partition coefficient (Wildman–Crippen LogP) is 2.10. The fourth-order valence-electron chi connectivity index (χ4n) is 1.95. The summed E-state index contributed by atoms with van der Waals surface area (Å²) in [4.78, 5) is 0. The van der Waals surface area contributed by atoms with Gasteiger partial charge >= 0.3 is 0 Å². The van der Waals surface area contributed by atoms with Crippen molar-refractivity contribution in [2.45, 2.75) is 32.2 Å². The standard InChI is InChI=1S/C14H20O4/c15-11-12-5-1-2-6-13(12)16-9-10-18-14-7-3-4-8-17-14/h1-2,5-6,14-15H,3-4,7-11H2. The van der Waals surface area contributed by atoms with Gasteiger partial charge in [-0.2, -0.15) is 0 Å². The normalized spacial score (nSPS) is 19.7. The highest BCUT2D eigenvalue weighted by atomic mass is 16.7. The maximum Gasteiger partial charge on any atom is 0.157 e. The predicted molar refractivity (Wildman–Crippen MR) is 67.4 cm³/mol. The van der Waals surface area contributed by atoms with E-state index in [1.165, 1.54) is 6.42 Å². The van der Waals surface area contributed by atoms with Crippen LogP contribution in [0.3, 0.4) is 0 Å². The van der Waals surface area contributed by atoms with Crippen LogP contribution in [0.15, 0.2) is 24.3 Å². The minimum atomic E-state index is -0.0737. The van der Waals surface area contributed by atoms with Crippen LogP contribution >= 0.6 is 0 Å². The minimum absolute atomic E-state index is 0.0111. The lowest BCUT2D eigenvalue weighted by Crippen LogP contribution is -2.24. The van der Waals surface area contributed by atoms with Crippen molar-refractivity contribution in [1.29, 1.82) is 0 Å². The van der Waals surface area contributed by atoms with Gasteiger partial charge in [0.05, 0.1) is 13.2 Å². The quantitative estimate of drug-likeness (QED) is 0.788. The zero-order valence-corrected chi connectivity index (χ0v) is 10.5. The van der Waals surface area contributed by atoms with Crippen molar-refractivity contribution in [3.05, 3.63) is 29.8 Å². The molecule has 1 unspecified atom stereocenters. The van der Waals surface area contributed by atoms with Crippen molar-refractivity contribution in [3.63, 3.8) is 0 Å². The van der Waals surface area contributed by atoms with Gasteiger partial charge < -0.3 is 19.3 Å². The number of hydrogen-bond donors (Lipinski definition) is 1. The van der Waals surface area contributed by atoms with Gasteiger partial charge in [0.25, 0.3) is 0 Å². The van der Waals surface area contributed by atoms with Gasteiger partial charge in [-0.15, -0.1) is 0 Å². The molecule has 18 heavy (non-hydrogen) atoms. The summed E-state index contributed by atoms with van der Waals surface area (Å²) in [7, 11) is 0. The Hall–Kier alpha value is -1.10. The Labute approximate surface area is 107 Å². The molecule has 2 rings (SSSR count). The summed E-state index contributed by atoms with van der Waals surface area (Å²) in [6, 6.07) is 7.47. The van der Waals surface area contributed by atoms with Gasteiger partial charge in [-0.25, -0.2) is 0 Å². The second-order valence-corrected chi connectivity index (χ2v) is 4.28. The van der Waals surface area contributed by atoms with E-state index in [9.17, 15) is 0 Å². The summed E-state index contributed by atoms with van der Waals surface area (Å²) in [5, 5.41) is 9.15. The third-order valence-corrected chi connectivity index (χ3v) is 2.93. The summed E-state index contributed by atoms with van der Waals surface area (Å²) in [6.45, 7) is 1.75. The van der Waals surface area contributed by atoms with Crippen LogP contribution in [0.5, 0.6) is 5.75 Å². The summed E-state index contributed by atoms with van der Waals surface area (Å²) in [6.07, 6.45) is 3.18. The molecular formula is C14H20O4. The van der Waals surface area contributed by atoms with E-state index in [2.05, 4.69) is 0 Å². The molecule has 1 aromatic rings.